The minimum Gasteiger partial charge on any atom is -0.358 e. The van der Waals surface area contributed by atoms with E-state index in [4.69, 9.17) is 11.6 Å². The molecular formula is C21H15ClFN7O. The van der Waals surface area contributed by atoms with Gasteiger partial charge < -0.3 is 10.3 Å². The van der Waals surface area contributed by atoms with Crippen LogP contribution in [0.25, 0.3) is 27.8 Å². The molecular weight excluding hydrogens is 421 g/mol. The van der Waals surface area contributed by atoms with Crippen molar-refractivity contribution in [3.05, 3.63) is 82.1 Å². The largest absolute Gasteiger partial charge is 0.358 e. The summed E-state index contributed by atoms with van der Waals surface area (Å²) in [6, 6.07) is 10.3. The standard InChI is InChI=1S/C21H15ClFN7O/c1-11(28-19-17-18(25-9-24-17)26-10-27-19)20-29-16-7-4-13(23)8-15(16)21(31)30(20)14-5-2-12(22)3-6-14/h2-11H,1H3,(H2,24,25,26,27,28). The van der Waals surface area contributed by atoms with Gasteiger partial charge in [-0.05, 0) is 49.4 Å². The zero-order valence-electron chi connectivity index (χ0n) is 16.2. The number of halogens is 2. The molecule has 0 saturated carbocycles. The third kappa shape index (κ3) is 3.38. The van der Waals surface area contributed by atoms with Crippen LogP contribution in [0.5, 0.6) is 0 Å². The van der Waals surface area contributed by atoms with Gasteiger partial charge in [0.15, 0.2) is 11.5 Å². The fourth-order valence-electron chi connectivity index (χ4n) is 3.45. The Hall–Kier alpha value is -3.85. The molecule has 5 aromatic rings. The number of aromatic nitrogens is 6. The first-order valence-corrected chi connectivity index (χ1v) is 9.78. The number of fused-ring (bicyclic) bond motifs is 2. The van der Waals surface area contributed by atoms with Crippen molar-refractivity contribution in [2.24, 2.45) is 0 Å². The summed E-state index contributed by atoms with van der Waals surface area (Å²) in [4.78, 5) is 33.6. The Morgan fingerprint density at radius 2 is 1.94 bits per heavy atom. The number of rotatable bonds is 4. The maximum absolute atomic E-state index is 13.8. The second kappa shape index (κ2) is 7.44. The van der Waals surface area contributed by atoms with Gasteiger partial charge in [0.2, 0.25) is 0 Å². The Morgan fingerprint density at radius 3 is 2.74 bits per heavy atom. The van der Waals surface area contributed by atoms with Crippen LogP contribution in [0.2, 0.25) is 5.02 Å². The van der Waals surface area contributed by atoms with Gasteiger partial charge in [-0.1, -0.05) is 11.6 Å². The number of aromatic amines is 1. The van der Waals surface area contributed by atoms with Gasteiger partial charge in [0, 0.05) is 5.02 Å². The van der Waals surface area contributed by atoms with Crippen LogP contribution in [0.15, 0.2) is 59.9 Å². The molecule has 154 valence electrons. The van der Waals surface area contributed by atoms with Crippen molar-refractivity contribution < 1.29 is 4.39 Å². The first kappa shape index (κ1) is 19.1. The molecule has 3 heterocycles. The molecule has 2 N–H and O–H groups in total. The Bertz CT molecular complexity index is 1480. The average molecular weight is 436 g/mol. The summed E-state index contributed by atoms with van der Waals surface area (Å²) >= 11 is 6.02. The van der Waals surface area contributed by atoms with Gasteiger partial charge in [0.05, 0.1) is 29.0 Å². The van der Waals surface area contributed by atoms with Crippen LogP contribution < -0.4 is 10.9 Å². The number of hydrogen-bond acceptors (Lipinski definition) is 6. The molecule has 0 radical (unpaired) electrons. The molecule has 8 nitrogen and oxygen atoms in total. The number of benzene rings is 2. The van der Waals surface area contributed by atoms with Crippen molar-refractivity contribution in [1.82, 2.24) is 29.5 Å². The van der Waals surface area contributed by atoms with Crippen molar-refractivity contribution in [2.75, 3.05) is 5.32 Å². The molecule has 0 fully saturated rings. The van der Waals surface area contributed by atoms with Crippen molar-refractivity contribution in [2.45, 2.75) is 13.0 Å². The van der Waals surface area contributed by atoms with Crippen molar-refractivity contribution in [3.8, 4) is 5.69 Å². The van der Waals surface area contributed by atoms with Crippen molar-refractivity contribution >= 4 is 39.5 Å². The average Bonchev–Trinajstić information content (AvgIpc) is 3.25. The number of anilines is 1. The van der Waals surface area contributed by atoms with Crippen LogP contribution in [0.3, 0.4) is 0 Å². The summed E-state index contributed by atoms with van der Waals surface area (Å²) in [6.45, 7) is 1.85. The number of nitrogens with one attached hydrogen (secondary N) is 2. The van der Waals surface area contributed by atoms with E-state index in [9.17, 15) is 9.18 Å². The lowest BCUT2D eigenvalue weighted by Gasteiger charge is -2.20. The second-order valence-electron chi connectivity index (χ2n) is 6.94. The van der Waals surface area contributed by atoms with E-state index in [1.807, 2.05) is 6.92 Å². The lowest BCUT2D eigenvalue weighted by molar-refractivity contribution is 0.629. The Kier molecular flexibility index (Phi) is 4.59. The van der Waals surface area contributed by atoms with E-state index in [1.54, 1.807) is 24.3 Å². The summed E-state index contributed by atoms with van der Waals surface area (Å²) in [7, 11) is 0. The predicted molar refractivity (Wildman–Crippen MR) is 116 cm³/mol. The maximum atomic E-state index is 13.8. The molecule has 0 saturated heterocycles. The lowest BCUT2D eigenvalue weighted by atomic mass is 10.2. The van der Waals surface area contributed by atoms with Gasteiger partial charge in [-0.15, -0.1) is 0 Å². The lowest BCUT2D eigenvalue weighted by Crippen LogP contribution is -2.27. The number of imidazole rings is 1. The minimum absolute atomic E-state index is 0.183. The molecule has 1 atom stereocenters. The van der Waals surface area contributed by atoms with Gasteiger partial charge in [-0.25, -0.2) is 24.3 Å². The van der Waals surface area contributed by atoms with Gasteiger partial charge in [-0.2, -0.15) is 0 Å². The molecule has 31 heavy (non-hydrogen) atoms. The van der Waals surface area contributed by atoms with Gasteiger partial charge in [-0.3, -0.25) is 9.36 Å². The fourth-order valence-corrected chi connectivity index (χ4v) is 3.57. The summed E-state index contributed by atoms with van der Waals surface area (Å²) in [5, 5.41) is 3.97. The van der Waals surface area contributed by atoms with Crippen LogP contribution >= 0.6 is 11.6 Å². The molecule has 0 bridgehead atoms. The first-order chi connectivity index (χ1) is 15.0. The summed E-state index contributed by atoms with van der Waals surface area (Å²) in [5.74, 6) is 0.415. The SMILES string of the molecule is CC(Nc1ncnc2[nH]cnc12)c1nc2ccc(F)cc2c(=O)n1-c1ccc(Cl)cc1. The third-order valence-corrected chi connectivity index (χ3v) is 5.15. The molecule has 1 unspecified atom stereocenters. The summed E-state index contributed by atoms with van der Waals surface area (Å²) in [6.07, 6.45) is 2.94. The van der Waals surface area contributed by atoms with E-state index in [-0.39, 0.29) is 10.9 Å². The quantitative estimate of drug-likeness (QED) is 0.442. The van der Waals surface area contributed by atoms with Crippen LogP contribution in [-0.4, -0.2) is 29.5 Å². The maximum Gasteiger partial charge on any atom is 0.266 e. The van der Waals surface area contributed by atoms with Crippen LogP contribution in [0.4, 0.5) is 10.2 Å². The monoisotopic (exact) mass is 435 g/mol. The Balaban J connectivity index is 1.70. The molecule has 0 amide bonds. The highest BCUT2D eigenvalue weighted by atomic mass is 35.5. The Labute approximate surface area is 179 Å². The van der Waals surface area contributed by atoms with Crippen molar-refractivity contribution in [1.29, 1.82) is 0 Å². The second-order valence-corrected chi connectivity index (χ2v) is 7.37. The molecule has 0 aliphatic heterocycles. The van der Waals surface area contributed by atoms with E-state index in [1.165, 1.54) is 35.4 Å². The topological polar surface area (TPSA) is 101 Å². The smallest absolute Gasteiger partial charge is 0.266 e. The Morgan fingerprint density at radius 1 is 1.13 bits per heavy atom. The van der Waals surface area contributed by atoms with Crippen LogP contribution in [-0.2, 0) is 0 Å². The zero-order valence-corrected chi connectivity index (χ0v) is 16.9. The highest BCUT2D eigenvalue weighted by Gasteiger charge is 2.20. The van der Waals surface area contributed by atoms with Gasteiger partial charge in [0.25, 0.3) is 5.56 Å². The predicted octanol–water partition coefficient (Wildman–Crippen LogP) is 4.02. The molecule has 5 rings (SSSR count). The highest BCUT2D eigenvalue weighted by molar-refractivity contribution is 6.30. The fraction of sp³-hybridized carbons (Fsp3) is 0.0952. The minimum atomic E-state index is -0.505. The van der Waals surface area contributed by atoms with Crippen LogP contribution in [0, 0.1) is 5.82 Å². The number of H-pyrrole nitrogens is 1. The number of hydrogen-bond donors (Lipinski definition) is 2. The molecule has 0 spiro atoms. The number of nitrogens with zero attached hydrogens (tertiary/aromatic N) is 5. The van der Waals surface area contributed by atoms with Crippen LogP contribution in [0.1, 0.15) is 18.8 Å². The highest BCUT2D eigenvalue weighted by Crippen LogP contribution is 2.24. The normalized spacial score (nSPS) is 12.4. The van der Waals surface area contributed by atoms with E-state index in [0.717, 1.165) is 0 Å². The molecule has 3 aromatic heterocycles. The van der Waals surface area contributed by atoms with Gasteiger partial charge >= 0.3 is 0 Å². The summed E-state index contributed by atoms with van der Waals surface area (Å²) in [5.41, 5.74) is 1.72. The van der Waals surface area contributed by atoms with E-state index in [2.05, 4.69) is 30.2 Å². The molecule has 10 heteroatoms. The zero-order chi connectivity index (χ0) is 21.5. The molecule has 0 aliphatic carbocycles. The van der Waals surface area contributed by atoms with Crippen molar-refractivity contribution in [3.63, 3.8) is 0 Å². The first-order valence-electron chi connectivity index (χ1n) is 9.40. The van der Waals surface area contributed by atoms with E-state index >= 15 is 0 Å². The molecule has 2 aromatic carbocycles. The van der Waals surface area contributed by atoms with E-state index in [0.29, 0.717) is 39.0 Å². The molecule has 0 aliphatic rings. The summed E-state index contributed by atoms with van der Waals surface area (Å²) < 4.78 is 15.3. The van der Waals surface area contributed by atoms with E-state index < -0.39 is 11.9 Å². The third-order valence-electron chi connectivity index (χ3n) is 4.90. The van der Waals surface area contributed by atoms with Gasteiger partial charge in [0.1, 0.15) is 23.5 Å².